The van der Waals surface area contributed by atoms with Gasteiger partial charge in [0.15, 0.2) is 0 Å². The maximum atomic E-state index is 12.0. The van der Waals surface area contributed by atoms with Gasteiger partial charge in [0.2, 0.25) is 5.91 Å². The molecule has 1 spiro atoms. The van der Waals surface area contributed by atoms with Gasteiger partial charge < -0.3 is 9.64 Å². The molecule has 2 aliphatic heterocycles. The molecule has 3 heteroatoms. The molecular weight excluding hydrogens is 166 g/mol. The molecule has 2 saturated heterocycles. The summed E-state index contributed by atoms with van der Waals surface area (Å²) in [6, 6.07) is 0. The molecule has 13 heavy (non-hydrogen) atoms. The van der Waals surface area contributed by atoms with Crippen molar-refractivity contribution < 1.29 is 9.53 Å². The van der Waals surface area contributed by atoms with E-state index in [1.165, 1.54) is 0 Å². The molecule has 0 aromatic rings. The quantitative estimate of drug-likeness (QED) is 0.598. The Morgan fingerprint density at radius 3 is 2.31 bits per heavy atom. The molecule has 0 atom stereocenters. The van der Waals surface area contributed by atoms with Crippen LogP contribution in [0.4, 0.5) is 0 Å². The summed E-state index contributed by atoms with van der Waals surface area (Å²) < 4.78 is 5.20. The van der Waals surface area contributed by atoms with Gasteiger partial charge in [0, 0.05) is 12.0 Å². The standard InChI is InChI=1S/C10H15NO2/c1-9(2-3-9)8(12)11-5-4-10(11)6-13-7-10/h2-7H2,1H3. The van der Waals surface area contributed by atoms with E-state index in [1.807, 2.05) is 0 Å². The number of likely N-dealkylation sites (tertiary alicyclic amines) is 1. The molecule has 0 radical (unpaired) electrons. The van der Waals surface area contributed by atoms with E-state index in [1.54, 1.807) is 0 Å². The van der Waals surface area contributed by atoms with E-state index in [-0.39, 0.29) is 11.0 Å². The number of amides is 1. The molecule has 0 unspecified atom stereocenters. The topological polar surface area (TPSA) is 29.5 Å². The first-order valence-corrected chi connectivity index (χ1v) is 5.06. The lowest BCUT2D eigenvalue weighted by atomic mass is 9.81. The molecule has 2 heterocycles. The summed E-state index contributed by atoms with van der Waals surface area (Å²) in [5.41, 5.74) is 0.145. The van der Waals surface area contributed by atoms with Gasteiger partial charge in [-0.1, -0.05) is 6.92 Å². The summed E-state index contributed by atoms with van der Waals surface area (Å²) in [6.07, 6.45) is 3.31. The Hall–Kier alpha value is -0.570. The summed E-state index contributed by atoms with van der Waals surface area (Å²) in [6.45, 7) is 4.59. The molecule has 3 fully saturated rings. The first-order valence-electron chi connectivity index (χ1n) is 5.06. The molecule has 1 aliphatic carbocycles. The van der Waals surface area contributed by atoms with Crippen LogP contribution in [0, 0.1) is 5.41 Å². The Balaban J connectivity index is 1.75. The number of hydrogen-bond donors (Lipinski definition) is 0. The fourth-order valence-corrected chi connectivity index (χ4v) is 2.22. The highest BCUT2D eigenvalue weighted by Crippen LogP contribution is 2.50. The van der Waals surface area contributed by atoms with E-state index in [0.717, 1.165) is 39.0 Å². The van der Waals surface area contributed by atoms with E-state index < -0.39 is 0 Å². The smallest absolute Gasteiger partial charge is 0.229 e. The van der Waals surface area contributed by atoms with Crippen molar-refractivity contribution >= 4 is 5.91 Å². The second-order valence-corrected chi connectivity index (χ2v) is 4.98. The zero-order valence-electron chi connectivity index (χ0n) is 8.01. The molecule has 3 rings (SSSR count). The third kappa shape index (κ3) is 0.857. The lowest BCUT2D eigenvalue weighted by Crippen LogP contribution is -2.72. The molecule has 0 N–H and O–H groups in total. The molecule has 0 bridgehead atoms. The molecule has 0 aromatic heterocycles. The Bertz CT molecular complexity index is 261. The number of carbonyl (C=O) groups is 1. The Morgan fingerprint density at radius 1 is 1.31 bits per heavy atom. The van der Waals surface area contributed by atoms with Crippen LogP contribution in [0.25, 0.3) is 0 Å². The van der Waals surface area contributed by atoms with Crippen LogP contribution in [0.5, 0.6) is 0 Å². The summed E-state index contributed by atoms with van der Waals surface area (Å²) >= 11 is 0. The van der Waals surface area contributed by atoms with Crippen molar-refractivity contribution in [2.45, 2.75) is 31.7 Å². The van der Waals surface area contributed by atoms with Crippen LogP contribution in [-0.4, -0.2) is 36.1 Å². The minimum absolute atomic E-state index is 0.00299. The fraction of sp³-hybridized carbons (Fsp3) is 0.900. The van der Waals surface area contributed by atoms with Crippen LogP contribution >= 0.6 is 0 Å². The largest absolute Gasteiger partial charge is 0.376 e. The highest BCUT2D eigenvalue weighted by atomic mass is 16.5. The average Bonchev–Trinajstić information content (AvgIpc) is 2.63. The number of rotatable bonds is 1. The Labute approximate surface area is 78.0 Å². The van der Waals surface area contributed by atoms with Gasteiger partial charge in [-0.25, -0.2) is 0 Å². The zero-order chi connectivity index (χ0) is 9.10. The van der Waals surface area contributed by atoms with Gasteiger partial charge in [-0.05, 0) is 19.3 Å². The first-order chi connectivity index (χ1) is 6.16. The van der Waals surface area contributed by atoms with E-state index >= 15 is 0 Å². The maximum Gasteiger partial charge on any atom is 0.229 e. The SMILES string of the molecule is CC1(C(=O)N2CCC23COC3)CC1. The minimum Gasteiger partial charge on any atom is -0.376 e. The summed E-state index contributed by atoms with van der Waals surface area (Å²) in [5.74, 6) is 0.377. The monoisotopic (exact) mass is 181 g/mol. The van der Waals surface area contributed by atoms with Crippen molar-refractivity contribution in [2.75, 3.05) is 19.8 Å². The van der Waals surface area contributed by atoms with Crippen molar-refractivity contribution in [3.05, 3.63) is 0 Å². The highest BCUT2D eigenvalue weighted by molar-refractivity contribution is 5.86. The van der Waals surface area contributed by atoms with Crippen molar-refractivity contribution in [3.8, 4) is 0 Å². The van der Waals surface area contributed by atoms with E-state index in [2.05, 4.69) is 11.8 Å². The lowest BCUT2D eigenvalue weighted by molar-refractivity contribution is -0.203. The molecule has 3 aliphatic rings. The molecule has 0 aromatic carbocycles. The fourth-order valence-electron chi connectivity index (χ4n) is 2.22. The van der Waals surface area contributed by atoms with Crippen LogP contribution in [0.15, 0.2) is 0 Å². The van der Waals surface area contributed by atoms with Crippen molar-refractivity contribution in [3.63, 3.8) is 0 Å². The number of ether oxygens (including phenoxy) is 1. The second-order valence-electron chi connectivity index (χ2n) is 4.98. The van der Waals surface area contributed by atoms with Crippen molar-refractivity contribution in [1.82, 2.24) is 4.90 Å². The summed E-state index contributed by atoms with van der Waals surface area (Å²) in [7, 11) is 0. The molecular formula is C10H15NO2. The van der Waals surface area contributed by atoms with Gasteiger partial charge in [-0.15, -0.1) is 0 Å². The van der Waals surface area contributed by atoms with Crippen LogP contribution in [0.2, 0.25) is 0 Å². The van der Waals surface area contributed by atoms with Crippen molar-refractivity contribution in [2.24, 2.45) is 5.41 Å². The molecule has 1 saturated carbocycles. The molecule has 3 nitrogen and oxygen atoms in total. The van der Waals surface area contributed by atoms with Gasteiger partial charge in [0.25, 0.3) is 0 Å². The molecule has 72 valence electrons. The predicted molar refractivity (Wildman–Crippen MR) is 47.2 cm³/mol. The van der Waals surface area contributed by atoms with Gasteiger partial charge >= 0.3 is 0 Å². The van der Waals surface area contributed by atoms with E-state index in [9.17, 15) is 4.79 Å². The third-order valence-corrected chi connectivity index (χ3v) is 3.88. The number of nitrogens with zero attached hydrogens (tertiary/aromatic N) is 1. The number of hydrogen-bond acceptors (Lipinski definition) is 2. The summed E-state index contributed by atoms with van der Waals surface area (Å²) in [5, 5.41) is 0. The normalized spacial score (nSPS) is 32.2. The van der Waals surface area contributed by atoms with Crippen LogP contribution in [-0.2, 0) is 9.53 Å². The van der Waals surface area contributed by atoms with Gasteiger partial charge in [-0.2, -0.15) is 0 Å². The first kappa shape index (κ1) is 7.80. The van der Waals surface area contributed by atoms with E-state index in [4.69, 9.17) is 4.74 Å². The molecule has 1 amide bonds. The third-order valence-electron chi connectivity index (χ3n) is 3.88. The van der Waals surface area contributed by atoms with E-state index in [0.29, 0.717) is 5.91 Å². The second kappa shape index (κ2) is 2.08. The van der Waals surface area contributed by atoms with Crippen LogP contribution < -0.4 is 0 Å². The Kier molecular flexibility index (Phi) is 1.25. The van der Waals surface area contributed by atoms with Gasteiger partial charge in [0.1, 0.15) is 0 Å². The Morgan fingerprint density at radius 2 is 2.00 bits per heavy atom. The average molecular weight is 181 g/mol. The van der Waals surface area contributed by atoms with Crippen LogP contribution in [0.1, 0.15) is 26.2 Å². The lowest BCUT2D eigenvalue weighted by Gasteiger charge is -2.58. The van der Waals surface area contributed by atoms with Gasteiger partial charge in [0.05, 0.1) is 18.8 Å². The maximum absolute atomic E-state index is 12.0. The minimum atomic E-state index is 0.00299. The van der Waals surface area contributed by atoms with Crippen molar-refractivity contribution in [1.29, 1.82) is 0 Å². The predicted octanol–water partition coefficient (Wildman–Crippen LogP) is 0.788. The van der Waals surface area contributed by atoms with Gasteiger partial charge in [-0.3, -0.25) is 4.79 Å². The summed E-state index contributed by atoms with van der Waals surface area (Å²) in [4.78, 5) is 14.0. The zero-order valence-corrected chi connectivity index (χ0v) is 8.01. The van der Waals surface area contributed by atoms with Crippen LogP contribution in [0.3, 0.4) is 0 Å². The number of carbonyl (C=O) groups excluding carboxylic acids is 1. The highest BCUT2D eigenvalue weighted by Gasteiger charge is 2.58.